The van der Waals surface area contributed by atoms with Gasteiger partial charge >= 0.3 is 0 Å². The highest BCUT2D eigenvalue weighted by atomic mass is 35.5. The third kappa shape index (κ3) is 8.42. The molecule has 0 aromatic heterocycles. The number of alkyl halides is 3. The number of rotatable bonds is 17. The SMILES string of the molecule is O=C(NCCOCCOCCCCCCCl)c1c(F)c(F)c(C(=O)[O-])c(C2=C3C=CC(=[N+]4CC(F)C4)C=C3P(=O)(c3ccccc3)c3cc(N4CC(F)C4)ccc32)c1F. The van der Waals surface area contributed by atoms with Crippen molar-refractivity contribution in [3.63, 3.8) is 0 Å². The second-order valence-electron chi connectivity index (χ2n) is 14.7. The number of hydrogen-bond donors (Lipinski definition) is 1. The number of nitrogens with one attached hydrogen (secondary N) is 1. The minimum absolute atomic E-state index is 0.0101. The van der Waals surface area contributed by atoms with E-state index in [9.17, 15) is 23.5 Å². The first kappa shape index (κ1) is 42.5. The number of carboxylic acid groups (broad SMARTS) is 1. The van der Waals surface area contributed by atoms with E-state index < -0.39 is 65.5 Å². The van der Waals surface area contributed by atoms with Gasteiger partial charge in [-0.05, 0) is 42.2 Å². The largest absolute Gasteiger partial charge is 0.545 e. The topological polar surface area (TPSA) is 111 Å². The van der Waals surface area contributed by atoms with Crippen LogP contribution in [-0.2, 0) is 14.0 Å². The van der Waals surface area contributed by atoms with Crippen LogP contribution in [0.15, 0.2) is 77.6 Å². The quantitative estimate of drug-likeness (QED) is 0.0472. The Morgan fingerprint density at radius 2 is 1.56 bits per heavy atom. The molecule has 312 valence electrons. The molecule has 3 aromatic rings. The van der Waals surface area contributed by atoms with Crippen LogP contribution in [0.1, 0.15) is 57.5 Å². The Morgan fingerprint density at radius 1 is 0.864 bits per heavy atom. The maximum Gasteiger partial charge on any atom is 0.257 e. The molecule has 0 radical (unpaired) electrons. The van der Waals surface area contributed by atoms with Crippen molar-refractivity contribution in [2.45, 2.75) is 38.0 Å². The van der Waals surface area contributed by atoms with Gasteiger partial charge in [0.1, 0.15) is 17.6 Å². The number of allylic oxidation sites excluding steroid dienone is 5. The summed E-state index contributed by atoms with van der Waals surface area (Å²) in [6, 6.07) is 12.9. The van der Waals surface area contributed by atoms with Crippen molar-refractivity contribution in [3.05, 3.63) is 117 Å². The number of hydrogen-bond acceptors (Lipinski definition) is 7. The Balaban J connectivity index is 1.29. The summed E-state index contributed by atoms with van der Waals surface area (Å²) in [7, 11) is -4.00. The maximum atomic E-state index is 17.1. The Kier molecular flexibility index (Phi) is 13.2. The zero-order valence-corrected chi connectivity index (χ0v) is 33.6. The summed E-state index contributed by atoms with van der Waals surface area (Å²) in [6.07, 6.45) is 6.13. The van der Waals surface area contributed by atoms with Gasteiger partial charge in [-0.2, -0.15) is 0 Å². The van der Waals surface area contributed by atoms with Crippen LogP contribution in [-0.4, -0.2) is 99.5 Å². The van der Waals surface area contributed by atoms with Gasteiger partial charge in [0.15, 0.2) is 31.9 Å². The smallest absolute Gasteiger partial charge is 0.257 e. The molecule has 7 rings (SSSR count). The number of fused-ring (bicyclic) bond motifs is 2. The van der Waals surface area contributed by atoms with Gasteiger partial charge in [-0.15, -0.1) is 11.6 Å². The molecule has 1 amide bonds. The lowest BCUT2D eigenvalue weighted by atomic mass is 9.85. The first-order valence-electron chi connectivity index (χ1n) is 19.5. The molecule has 1 aliphatic carbocycles. The van der Waals surface area contributed by atoms with Crippen molar-refractivity contribution in [3.8, 4) is 0 Å². The zero-order chi connectivity index (χ0) is 41.8. The van der Waals surface area contributed by atoms with E-state index in [2.05, 4.69) is 5.32 Å². The fraction of sp³-hybridized carbons (Fsp3) is 0.372. The van der Waals surface area contributed by atoms with E-state index in [1.807, 2.05) is 0 Å². The maximum absolute atomic E-state index is 17.1. The van der Waals surface area contributed by atoms with E-state index >= 15 is 17.7 Å². The number of aromatic carboxylic acids is 1. The number of unbranched alkanes of at least 4 members (excludes halogenated alkanes) is 3. The van der Waals surface area contributed by atoms with Crippen LogP contribution in [0.25, 0.3) is 5.57 Å². The monoisotopic (exact) mass is 857 g/mol. The highest BCUT2D eigenvalue weighted by Crippen LogP contribution is 2.62. The van der Waals surface area contributed by atoms with Gasteiger partial charge in [-0.3, -0.25) is 4.79 Å². The Labute approximate surface area is 343 Å². The van der Waals surface area contributed by atoms with Gasteiger partial charge in [0.25, 0.3) is 5.91 Å². The van der Waals surface area contributed by atoms with Crippen molar-refractivity contribution >= 4 is 58.2 Å². The molecule has 0 bridgehead atoms. The van der Waals surface area contributed by atoms with E-state index in [1.54, 1.807) is 64.1 Å². The third-order valence-corrected chi connectivity index (χ3v) is 14.2. The molecule has 1 unspecified atom stereocenters. The van der Waals surface area contributed by atoms with E-state index in [1.165, 1.54) is 12.1 Å². The van der Waals surface area contributed by atoms with Crippen molar-refractivity contribution in [2.75, 3.05) is 69.9 Å². The zero-order valence-electron chi connectivity index (χ0n) is 32.0. The second-order valence-corrected chi connectivity index (χ2v) is 17.7. The lowest BCUT2D eigenvalue weighted by Crippen LogP contribution is -2.48. The first-order chi connectivity index (χ1) is 28.4. The normalized spacial score (nSPS) is 19.9. The lowest BCUT2D eigenvalue weighted by Gasteiger charge is -2.39. The summed E-state index contributed by atoms with van der Waals surface area (Å²) in [4.78, 5) is 27.9. The van der Waals surface area contributed by atoms with E-state index in [4.69, 9.17) is 21.1 Å². The van der Waals surface area contributed by atoms with Crippen molar-refractivity contribution < 1.29 is 55.3 Å². The molecular weight excluding hydrogens is 816 g/mol. The number of carbonyl (C=O) groups is 2. The van der Waals surface area contributed by atoms with Gasteiger partial charge < -0.3 is 34.2 Å². The highest BCUT2D eigenvalue weighted by Gasteiger charge is 2.46. The van der Waals surface area contributed by atoms with Gasteiger partial charge in [0.05, 0.1) is 38.9 Å². The van der Waals surface area contributed by atoms with E-state index in [0.29, 0.717) is 29.2 Å². The molecule has 3 aromatic carbocycles. The van der Waals surface area contributed by atoms with Crippen LogP contribution in [0, 0.1) is 17.5 Å². The van der Waals surface area contributed by atoms with Crippen LogP contribution in [0.2, 0.25) is 0 Å². The van der Waals surface area contributed by atoms with Gasteiger partial charge in [-0.25, -0.2) is 26.5 Å². The molecule has 59 heavy (non-hydrogen) atoms. The number of benzene rings is 3. The van der Waals surface area contributed by atoms with E-state index in [-0.39, 0.29) is 79.9 Å². The molecule has 1 N–H and O–H groups in total. The van der Waals surface area contributed by atoms with Gasteiger partial charge in [0.2, 0.25) is 11.9 Å². The molecule has 1 atom stereocenters. The summed E-state index contributed by atoms with van der Waals surface area (Å²) in [6.45, 7) is 0.841. The predicted octanol–water partition coefficient (Wildman–Crippen LogP) is 5.58. The number of anilines is 1. The first-order valence-corrected chi connectivity index (χ1v) is 21.7. The Bertz CT molecular complexity index is 2310. The average Bonchev–Trinajstić information content (AvgIpc) is 3.20. The molecule has 0 spiro atoms. The van der Waals surface area contributed by atoms with Crippen LogP contribution >= 0.6 is 18.7 Å². The van der Waals surface area contributed by atoms with Crippen molar-refractivity contribution in [1.82, 2.24) is 5.32 Å². The standard InChI is InChI=1S/C43H42ClF5N3O6P/c44-14-6-1-2-7-16-57-18-19-58-17-15-50-42(53)38-39(47)36(37(43(54)55)40(48)41(38)49)35-31-12-10-28(51-22-26(45)23-51)20-33(31)59(56,30-8-4-3-5-9-30)34-21-29(11-13-32(34)35)52-24-27(46)25-52/h3-5,8-13,20-21,26-27H,1-2,6-7,14-19,22-25H2,(H-,50,53,54,55). The fourth-order valence-corrected chi connectivity index (χ4v) is 11.0. The number of halogens is 6. The van der Waals surface area contributed by atoms with Crippen molar-refractivity contribution in [1.29, 1.82) is 0 Å². The summed E-state index contributed by atoms with van der Waals surface area (Å²) >= 11 is 5.68. The molecule has 9 nitrogen and oxygen atoms in total. The minimum Gasteiger partial charge on any atom is -0.545 e. The number of carboxylic acids is 1. The minimum atomic E-state index is -4.00. The molecule has 16 heteroatoms. The average molecular weight is 858 g/mol. The van der Waals surface area contributed by atoms with E-state index in [0.717, 1.165) is 25.7 Å². The number of amides is 1. The fourth-order valence-electron chi connectivity index (χ4n) is 7.69. The number of carbonyl (C=O) groups excluding carboxylic acids is 2. The highest BCUT2D eigenvalue weighted by molar-refractivity contribution is 7.83. The summed E-state index contributed by atoms with van der Waals surface area (Å²) in [5, 5.41) is 15.5. The lowest BCUT2D eigenvalue weighted by molar-refractivity contribution is -0.599. The molecule has 4 aliphatic rings. The molecule has 3 aliphatic heterocycles. The Hall–Kier alpha value is -4.62. The second kappa shape index (κ2) is 18.3. The Morgan fingerprint density at radius 3 is 2.24 bits per heavy atom. The number of ether oxygens (including phenoxy) is 2. The van der Waals surface area contributed by atoms with Crippen molar-refractivity contribution in [2.24, 2.45) is 0 Å². The number of nitrogens with zero attached hydrogens (tertiary/aromatic N) is 2. The molecule has 0 saturated carbocycles. The third-order valence-electron chi connectivity index (χ3n) is 10.8. The summed E-state index contributed by atoms with van der Waals surface area (Å²) < 4.78 is 106. The van der Waals surface area contributed by atoms with Crippen LogP contribution in [0.5, 0.6) is 0 Å². The predicted molar refractivity (Wildman–Crippen MR) is 214 cm³/mol. The van der Waals surface area contributed by atoms with Gasteiger partial charge in [-0.1, -0.05) is 49.2 Å². The summed E-state index contributed by atoms with van der Waals surface area (Å²) in [5.74, 6) is -8.80. The molecule has 2 saturated heterocycles. The molecule has 3 heterocycles. The molecule has 2 fully saturated rings. The van der Waals surface area contributed by atoms with Crippen LogP contribution < -0.4 is 25.9 Å². The molecular formula is C43H42ClF5N3O6P. The van der Waals surface area contributed by atoms with Crippen LogP contribution in [0.4, 0.5) is 27.6 Å². The van der Waals surface area contributed by atoms with Gasteiger partial charge in [0, 0.05) is 69.5 Å². The van der Waals surface area contributed by atoms with Crippen LogP contribution in [0.3, 0.4) is 0 Å². The summed E-state index contributed by atoms with van der Waals surface area (Å²) in [5.41, 5.74) is -3.20.